The smallest absolute Gasteiger partial charge is 0.329 e. The highest BCUT2D eigenvalue weighted by Gasteiger charge is 2.50. The normalized spacial score (nSPS) is 36.9. The number of hydrogen-bond donors (Lipinski definition) is 1. The minimum Gasteiger partial charge on any atom is -0.329 e. The molecule has 1 saturated carbocycles. The molecule has 0 aromatic heterocycles. The topological polar surface area (TPSA) is 32.5 Å². The minimum absolute atomic E-state index is 0.174. The Bertz CT molecular complexity index is 348. The number of nitrogens with two attached hydrogens (primary N) is 1. The summed E-state index contributed by atoms with van der Waals surface area (Å²) < 4.78 is 39.4. The Balaban J connectivity index is 2.13. The number of hydrogen-bond acceptors (Lipinski definition) is 3. The zero-order valence-electron chi connectivity index (χ0n) is 13.1. The van der Waals surface area contributed by atoms with Gasteiger partial charge in [0, 0.05) is 37.8 Å². The molecule has 1 aliphatic heterocycles. The lowest BCUT2D eigenvalue weighted by atomic mass is 9.73. The summed E-state index contributed by atoms with van der Waals surface area (Å²) in [6, 6.07) is 0.424. The van der Waals surface area contributed by atoms with Crippen LogP contribution in [0.4, 0.5) is 13.2 Å². The molecule has 1 aliphatic carbocycles. The second kappa shape index (κ2) is 6.42. The van der Waals surface area contributed by atoms with E-state index in [9.17, 15) is 13.2 Å². The van der Waals surface area contributed by atoms with Crippen molar-refractivity contribution in [1.82, 2.24) is 9.80 Å². The molecule has 3 unspecified atom stereocenters. The molecule has 2 rings (SSSR count). The summed E-state index contributed by atoms with van der Waals surface area (Å²) in [5.74, 6) is -1.19. The van der Waals surface area contributed by atoms with E-state index in [2.05, 4.69) is 23.8 Å². The lowest BCUT2D eigenvalue weighted by molar-refractivity contribution is -0.195. The van der Waals surface area contributed by atoms with Gasteiger partial charge in [0.1, 0.15) is 0 Å². The fourth-order valence-electron chi connectivity index (χ4n) is 4.04. The Labute approximate surface area is 125 Å². The Kier molecular flexibility index (Phi) is 5.21. The van der Waals surface area contributed by atoms with Gasteiger partial charge in [0.25, 0.3) is 0 Å². The molecular formula is C15H28F3N3. The van der Waals surface area contributed by atoms with Crippen molar-refractivity contribution in [3.63, 3.8) is 0 Å². The number of likely N-dealkylation sites (N-methyl/N-ethyl adjacent to an activating group) is 1. The molecule has 0 spiro atoms. The molecule has 3 atom stereocenters. The molecule has 1 heterocycles. The standard InChI is InChI=1S/C15H28F3N3/c1-3-13-10-21(8-7-20(13)2)14(11-19)6-4-5-12(9-14)15(16,17)18/h12-13H,3-11,19H2,1-2H3. The van der Waals surface area contributed by atoms with Crippen LogP contribution in [0.5, 0.6) is 0 Å². The van der Waals surface area contributed by atoms with Gasteiger partial charge in [-0.05, 0) is 32.7 Å². The molecule has 2 N–H and O–H groups in total. The molecule has 2 fully saturated rings. The zero-order chi connectivity index (χ0) is 15.7. The first-order chi connectivity index (χ1) is 9.82. The maximum Gasteiger partial charge on any atom is 0.391 e. The maximum atomic E-state index is 13.1. The average Bonchev–Trinajstić information content (AvgIpc) is 2.46. The fourth-order valence-corrected chi connectivity index (χ4v) is 4.04. The largest absolute Gasteiger partial charge is 0.391 e. The van der Waals surface area contributed by atoms with E-state index in [1.807, 2.05) is 0 Å². The molecule has 0 aromatic rings. The summed E-state index contributed by atoms with van der Waals surface area (Å²) in [6.45, 7) is 5.05. The quantitative estimate of drug-likeness (QED) is 0.869. The second-order valence-electron chi connectivity index (χ2n) is 6.75. The number of nitrogens with zero attached hydrogens (tertiary/aromatic N) is 2. The highest BCUT2D eigenvalue weighted by Crippen LogP contribution is 2.44. The molecule has 124 valence electrons. The van der Waals surface area contributed by atoms with Gasteiger partial charge >= 0.3 is 6.18 Å². The van der Waals surface area contributed by atoms with Gasteiger partial charge in [-0.1, -0.05) is 13.3 Å². The van der Waals surface area contributed by atoms with Crippen molar-refractivity contribution in [3.8, 4) is 0 Å². The van der Waals surface area contributed by atoms with Crippen LogP contribution in [0, 0.1) is 5.92 Å². The summed E-state index contributed by atoms with van der Waals surface area (Å²) in [7, 11) is 2.10. The van der Waals surface area contributed by atoms with Crippen molar-refractivity contribution in [2.45, 2.75) is 56.8 Å². The summed E-state index contributed by atoms with van der Waals surface area (Å²) in [5, 5.41) is 0. The number of rotatable bonds is 3. The minimum atomic E-state index is -4.09. The van der Waals surface area contributed by atoms with Crippen LogP contribution in [-0.2, 0) is 0 Å². The van der Waals surface area contributed by atoms with E-state index in [0.29, 0.717) is 19.0 Å². The number of alkyl halides is 3. The third-order valence-corrected chi connectivity index (χ3v) is 5.58. The van der Waals surface area contributed by atoms with Crippen molar-refractivity contribution in [2.24, 2.45) is 11.7 Å². The lowest BCUT2D eigenvalue weighted by Crippen LogP contribution is -2.64. The molecule has 21 heavy (non-hydrogen) atoms. The van der Waals surface area contributed by atoms with Crippen molar-refractivity contribution in [2.75, 3.05) is 33.2 Å². The molecule has 0 amide bonds. The van der Waals surface area contributed by atoms with Gasteiger partial charge in [0.15, 0.2) is 0 Å². The highest BCUT2D eigenvalue weighted by molar-refractivity contribution is 5.00. The summed E-state index contributed by atoms with van der Waals surface area (Å²) >= 11 is 0. The molecule has 1 saturated heterocycles. The van der Waals surface area contributed by atoms with Crippen LogP contribution >= 0.6 is 0 Å². The number of halogens is 3. The second-order valence-corrected chi connectivity index (χ2v) is 6.75. The van der Waals surface area contributed by atoms with E-state index in [1.165, 1.54) is 0 Å². The monoisotopic (exact) mass is 307 g/mol. The maximum absolute atomic E-state index is 13.1. The van der Waals surface area contributed by atoms with Crippen LogP contribution in [-0.4, -0.2) is 60.8 Å². The van der Waals surface area contributed by atoms with Gasteiger partial charge in [-0.2, -0.15) is 13.2 Å². The lowest BCUT2D eigenvalue weighted by Gasteiger charge is -2.52. The van der Waals surface area contributed by atoms with E-state index in [4.69, 9.17) is 5.73 Å². The van der Waals surface area contributed by atoms with Crippen molar-refractivity contribution in [3.05, 3.63) is 0 Å². The fraction of sp³-hybridized carbons (Fsp3) is 1.00. The van der Waals surface area contributed by atoms with E-state index in [0.717, 1.165) is 32.5 Å². The summed E-state index contributed by atoms with van der Waals surface area (Å²) in [5.41, 5.74) is 5.52. The van der Waals surface area contributed by atoms with Crippen LogP contribution in [0.15, 0.2) is 0 Å². The number of piperazine rings is 1. The predicted molar refractivity (Wildman–Crippen MR) is 78.1 cm³/mol. The van der Waals surface area contributed by atoms with Crippen molar-refractivity contribution < 1.29 is 13.2 Å². The van der Waals surface area contributed by atoms with E-state index >= 15 is 0 Å². The average molecular weight is 307 g/mol. The van der Waals surface area contributed by atoms with E-state index < -0.39 is 17.6 Å². The van der Waals surface area contributed by atoms with Crippen LogP contribution in [0.25, 0.3) is 0 Å². The first-order valence-electron chi connectivity index (χ1n) is 8.04. The Morgan fingerprint density at radius 3 is 2.57 bits per heavy atom. The van der Waals surface area contributed by atoms with Gasteiger partial charge in [0.2, 0.25) is 0 Å². The molecule has 0 bridgehead atoms. The molecule has 0 aromatic carbocycles. The van der Waals surface area contributed by atoms with Gasteiger partial charge in [-0.3, -0.25) is 4.90 Å². The van der Waals surface area contributed by atoms with E-state index in [1.54, 1.807) is 0 Å². The first-order valence-corrected chi connectivity index (χ1v) is 8.04. The summed E-state index contributed by atoms with van der Waals surface area (Å²) in [6.07, 6.45) is -1.20. The van der Waals surface area contributed by atoms with Crippen LogP contribution in [0.2, 0.25) is 0 Å². The van der Waals surface area contributed by atoms with Gasteiger partial charge in [-0.25, -0.2) is 0 Å². The van der Waals surface area contributed by atoms with Crippen molar-refractivity contribution >= 4 is 0 Å². The zero-order valence-corrected chi connectivity index (χ0v) is 13.1. The predicted octanol–water partition coefficient (Wildman–Crippen LogP) is 2.46. The third-order valence-electron chi connectivity index (χ3n) is 5.58. The first kappa shape index (κ1) is 17.0. The van der Waals surface area contributed by atoms with Gasteiger partial charge < -0.3 is 10.6 Å². The molecule has 2 aliphatic rings. The Morgan fingerprint density at radius 1 is 1.29 bits per heavy atom. The Hall–Kier alpha value is -0.330. The van der Waals surface area contributed by atoms with Gasteiger partial charge in [-0.15, -0.1) is 0 Å². The van der Waals surface area contributed by atoms with E-state index in [-0.39, 0.29) is 12.8 Å². The van der Waals surface area contributed by atoms with Crippen LogP contribution < -0.4 is 5.73 Å². The van der Waals surface area contributed by atoms with Crippen LogP contribution in [0.3, 0.4) is 0 Å². The molecule has 6 heteroatoms. The molecule has 3 nitrogen and oxygen atoms in total. The molecule has 0 radical (unpaired) electrons. The SMILES string of the molecule is CCC1CN(C2(CN)CCCC(C(F)(F)F)C2)CCN1C. The highest BCUT2D eigenvalue weighted by atomic mass is 19.4. The summed E-state index contributed by atoms with van der Waals surface area (Å²) in [4.78, 5) is 4.57. The van der Waals surface area contributed by atoms with Crippen LogP contribution in [0.1, 0.15) is 39.0 Å². The van der Waals surface area contributed by atoms with Crippen molar-refractivity contribution in [1.29, 1.82) is 0 Å². The Morgan fingerprint density at radius 2 is 2.00 bits per heavy atom. The third kappa shape index (κ3) is 3.54. The molecular weight excluding hydrogens is 279 g/mol. The van der Waals surface area contributed by atoms with Gasteiger partial charge in [0.05, 0.1) is 5.92 Å².